The minimum Gasteiger partial charge on any atom is -0.456 e. The Morgan fingerprint density at radius 3 is 2.00 bits per heavy atom. The molecule has 30 heavy (non-hydrogen) atoms. The standard InChI is InChI=1S/C27H32N2O/c1-5-28(6-2)27(29(7-3)8-4)19-18-23-25(20-27)30-24-17-13-12-16-22(24)26(23)21-14-10-9-11-15-21/h9-20H,5-8H2,1-4H3. The molecular weight excluding hydrogens is 368 g/mol. The minimum absolute atomic E-state index is 0.278. The fourth-order valence-electron chi connectivity index (χ4n) is 4.89. The Balaban J connectivity index is 1.95. The number of likely N-dealkylation sites (N-methyl/N-ethyl adjacent to an activating group) is 2. The molecule has 1 aliphatic heterocycles. The number of para-hydroxylation sites is 1. The number of nitrogens with zero attached hydrogens (tertiary/aromatic N) is 2. The molecule has 2 aromatic rings. The van der Waals surface area contributed by atoms with Gasteiger partial charge in [0, 0.05) is 16.7 Å². The van der Waals surface area contributed by atoms with E-state index in [0.29, 0.717) is 0 Å². The lowest BCUT2D eigenvalue weighted by Gasteiger charge is -2.48. The lowest BCUT2D eigenvalue weighted by Crippen LogP contribution is -2.59. The van der Waals surface area contributed by atoms with Gasteiger partial charge in [0.05, 0.1) is 0 Å². The van der Waals surface area contributed by atoms with Crippen molar-refractivity contribution >= 4 is 5.57 Å². The molecule has 0 saturated heterocycles. The van der Waals surface area contributed by atoms with Crippen LogP contribution in [0.5, 0.6) is 5.75 Å². The number of hydrogen-bond acceptors (Lipinski definition) is 3. The average molecular weight is 401 g/mol. The van der Waals surface area contributed by atoms with E-state index in [9.17, 15) is 0 Å². The van der Waals surface area contributed by atoms with Gasteiger partial charge in [-0.1, -0.05) is 82.3 Å². The second kappa shape index (κ2) is 8.63. The summed E-state index contributed by atoms with van der Waals surface area (Å²) in [6.07, 6.45) is 6.98. The van der Waals surface area contributed by atoms with E-state index in [1.54, 1.807) is 0 Å². The summed E-state index contributed by atoms with van der Waals surface area (Å²) in [6, 6.07) is 19.0. The number of hydrogen-bond donors (Lipinski definition) is 0. The highest BCUT2D eigenvalue weighted by atomic mass is 16.5. The first-order valence-electron chi connectivity index (χ1n) is 11.2. The molecule has 156 valence electrons. The Kier molecular flexibility index (Phi) is 5.94. The van der Waals surface area contributed by atoms with Crippen LogP contribution in [0.1, 0.15) is 38.8 Å². The number of fused-ring (bicyclic) bond motifs is 2. The third kappa shape index (κ3) is 3.32. The van der Waals surface area contributed by atoms with Crippen LogP contribution in [0.2, 0.25) is 0 Å². The smallest absolute Gasteiger partial charge is 0.135 e. The maximum absolute atomic E-state index is 6.52. The number of rotatable bonds is 7. The van der Waals surface area contributed by atoms with Crippen molar-refractivity contribution in [2.45, 2.75) is 33.4 Å². The van der Waals surface area contributed by atoms with Crippen molar-refractivity contribution in [3.8, 4) is 5.75 Å². The van der Waals surface area contributed by atoms with E-state index in [4.69, 9.17) is 4.74 Å². The lowest BCUT2D eigenvalue weighted by molar-refractivity contribution is 0.0252. The zero-order chi connectivity index (χ0) is 21.1. The molecule has 0 bridgehead atoms. The Labute approximate surface area is 181 Å². The van der Waals surface area contributed by atoms with Crippen LogP contribution < -0.4 is 4.74 Å². The summed E-state index contributed by atoms with van der Waals surface area (Å²) in [5.74, 6) is 1.88. The zero-order valence-corrected chi connectivity index (χ0v) is 18.6. The zero-order valence-electron chi connectivity index (χ0n) is 18.6. The SMILES string of the molecule is CCN(CC)C1(N(CC)CC)C=CC2=C(c3ccccc3)c3ccccc3OC2=C1. The Bertz CT molecular complexity index is 967. The van der Waals surface area contributed by atoms with E-state index < -0.39 is 0 Å². The fourth-order valence-corrected chi connectivity index (χ4v) is 4.89. The van der Waals surface area contributed by atoms with Gasteiger partial charge in [0.1, 0.15) is 17.2 Å². The molecule has 0 atom stereocenters. The predicted octanol–water partition coefficient (Wildman–Crippen LogP) is 5.71. The molecule has 0 unspecified atom stereocenters. The van der Waals surface area contributed by atoms with Crippen LogP contribution in [0, 0.1) is 0 Å². The van der Waals surface area contributed by atoms with Crippen molar-refractivity contribution in [1.82, 2.24) is 9.80 Å². The van der Waals surface area contributed by atoms with Crippen molar-refractivity contribution in [2.24, 2.45) is 0 Å². The van der Waals surface area contributed by atoms with Gasteiger partial charge in [-0.3, -0.25) is 9.80 Å². The summed E-state index contributed by atoms with van der Waals surface area (Å²) >= 11 is 0. The molecule has 3 heteroatoms. The van der Waals surface area contributed by atoms with Crippen molar-refractivity contribution in [3.63, 3.8) is 0 Å². The van der Waals surface area contributed by atoms with Gasteiger partial charge in [-0.25, -0.2) is 0 Å². The van der Waals surface area contributed by atoms with Gasteiger partial charge in [-0.05, 0) is 50.0 Å². The summed E-state index contributed by atoms with van der Waals surface area (Å²) < 4.78 is 6.52. The summed E-state index contributed by atoms with van der Waals surface area (Å²) in [5, 5.41) is 0. The Hall–Kier alpha value is -2.62. The maximum atomic E-state index is 6.52. The normalized spacial score (nSPS) is 16.9. The van der Waals surface area contributed by atoms with Crippen LogP contribution in [-0.2, 0) is 0 Å². The van der Waals surface area contributed by atoms with Gasteiger partial charge < -0.3 is 4.74 Å². The number of ether oxygens (including phenoxy) is 1. The molecule has 2 aliphatic rings. The monoisotopic (exact) mass is 400 g/mol. The van der Waals surface area contributed by atoms with E-state index in [2.05, 4.69) is 104 Å². The first-order valence-corrected chi connectivity index (χ1v) is 11.2. The molecule has 0 N–H and O–H groups in total. The molecule has 0 radical (unpaired) electrons. The molecule has 1 aliphatic carbocycles. The van der Waals surface area contributed by atoms with Gasteiger partial charge in [-0.2, -0.15) is 0 Å². The van der Waals surface area contributed by atoms with Crippen molar-refractivity contribution in [1.29, 1.82) is 0 Å². The third-order valence-electron chi connectivity index (χ3n) is 6.35. The van der Waals surface area contributed by atoms with Crippen LogP contribution in [-0.4, -0.2) is 41.6 Å². The summed E-state index contributed by atoms with van der Waals surface area (Å²) in [5.41, 5.74) is 4.50. The second-order valence-electron chi connectivity index (χ2n) is 7.72. The van der Waals surface area contributed by atoms with Gasteiger partial charge in [0.2, 0.25) is 0 Å². The topological polar surface area (TPSA) is 15.7 Å². The van der Waals surface area contributed by atoms with Crippen LogP contribution in [0.3, 0.4) is 0 Å². The molecule has 0 spiro atoms. The highest BCUT2D eigenvalue weighted by Crippen LogP contribution is 2.45. The summed E-state index contributed by atoms with van der Waals surface area (Å²) in [6.45, 7) is 12.8. The van der Waals surface area contributed by atoms with E-state index in [1.165, 1.54) is 11.1 Å². The molecule has 0 amide bonds. The van der Waals surface area contributed by atoms with Crippen LogP contribution in [0.15, 0.2) is 84.2 Å². The lowest BCUT2D eigenvalue weighted by atomic mass is 9.85. The van der Waals surface area contributed by atoms with E-state index in [-0.39, 0.29) is 5.66 Å². The Morgan fingerprint density at radius 2 is 1.37 bits per heavy atom. The molecular formula is C27H32N2O. The number of allylic oxidation sites excluding steroid dienone is 1. The molecule has 3 nitrogen and oxygen atoms in total. The van der Waals surface area contributed by atoms with Crippen molar-refractivity contribution in [3.05, 3.63) is 95.3 Å². The van der Waals surface area contributed by atoms with Gasteiger partial charge in [-0.15, -0.1) is 0 Å². The second-order valence-corrected chi connectivity index (χ2v) is 7.72. The first-order chi connectivity index (χ1) is 14.7. The fraction of sp³-hybridized carbons (Fsp3) is 0.333. The quantitative estimate of drug-likeness (QED) is 0.553. The molecule has 0 fully saturated rings. The van der Waals surface area contributed by atoms with Gasteiger partial charge in [0.25, 0.3) is 0 Å². The largest absolute Gasteiger partial charge is 0.456 e. The molecule has 0 saturated carbocycles. The van der Waals surface area contributed by atoms with Gasteiger partial charge in [0.15, 0.2) is 0 Å². The summed E-state index contributed by atoms with van der Waals surface area (Å²) in [7, 11) is 0. The van der Waals surface area contributed by atoms with Gasteiger partial charge >= 0.3 is 0 Å². The molecule has 0 aromatic heterocycles. The van der Waals surface area contributed by atoms with Crippen molar-refractivity contribution in [2.75, 3.05) is 26.2 Å². The number of benzene rings is 2. The molecule has 4 rings (SSSR count). The predicted molar refractivity (Wildman–Crippen MR) is 125 cm³/mol. The highest BCUT2D eigenvalue weighted by Gasteiger charge is 2.40. The molecule has 1 heterocycles. The van der Waals surface area contributed by atoms with E-state index >= 15 is 0 Å². The van der Waals surface area contributed by atoms with E-state index in [0.717, 1.165) is 48.8 Å². The molecule has 2 aromatic carbocycles. The van der Waals surface area contributed by atoms with Crippen LogP contribution in [0.25, 0.3) is 5.57 Å². The highest BCUT2D eigenvalue weighted by molar-refractivity contribution is 5.90. The third-order valence-corrected chi connectivity index (χ3v) is 6.35. The van der Waals surface area contributed by atoms with Crippen LogP contribution in [0.4, 0.5) is 0 Å². The minimum atomic E-state index is -0.278. The van der Waals surface area contributed by atoms with E-state index in [1.807, 2.05) is 6.07 Å². The van der Waals surface area contributed by atoms with Crippen LogP contribution >= 0.6 is 0 Å². The maximum Gasteiger partial charge on any atom is 0.135 e. The van der Waals surface area contributed by atoms with Crippen molar-refractivity contribution < 1.29 is 4.74 Å². The average Bonchev–Trinajstić information content (AvgIpc) is 2.79. The summed E-state index contributed by atoms with van der Waals surface area (Å²) in [4.78, 5) is 5.01. The first kappa shape index (κ1) is 20.6. The Morgan fingerprint density at radius 1 is 0.767 bits per heavy atom.